The topological polar surface area (TPSA) is 41.5 Å². The Kier molecular flexibility index (Phi) is 7.03. The van der Waals surface area contributed by atoms with Crippen molar-refractivity contribution in [3.63, 3.8) is 0 Å². The summed E-state index contributed by atoms with van der Waals surface area (Å²) in [6.07, 6.45) is 1.83. The molecule has 0 fully saturated rings. The molecular weight excluding hydrogens is 250 g/mol. The molecule has 0 saturated carbocycles. The van der Waals surface area contributed by atoms with Gasteiger partial charge in [-0.25, -0.2) is 0 Å². The molecule has 0 spiro atoms. The number of hydrogen-bond acceptors (Lipinski definition) is 3. The van der Waals surface area contributed by atoms with Gasteiger partial charge in [0.2, 0.25) is 0 Å². The molecule has 0 aliphatic rings. The van der Waals surface area contributed by atoms with Crippen LogP contribution in [0.5, 0.6) is 5.75 Å². The predicted octanol–water partition coefficient (Wildman–Crippen LogP) is 3.36. The lowest BCUT2D eigenvalue weighted by molar-refractivity contribution is 0.0555. The number of nitrogens with one attached hydrogen (secondary N) is 1. The molecule has 0 heterocycles. The van der Waals surface area contributed by atoms with Crippen LogP contribution >= 0.6 is 0 Å². The van der Waals surface area contributed by atoms with E-state index in [2.05, 4.69) is 31.3 Å². The Bertz CT molecular complexity index is 371. The molecule has 0 bridgehead atoms. The quantitative estimate of drug-likeness (QED) is 0.728. The average molecular weight is 279 g/mol. The molecule has 1 rings (SSSR count). The third-order valence-electron chi connectivity index (χ3n) is 3.48. The fourth-order valence-electron chi connectivity index (χ4n) is 1.72. The number of aliphatic hydroxyl groups is 1. The lowest BCUT2D eigenvalue weighted by Crippen LogP contribution is -2.36. The van der Waals surface area contributed by atoms with Crippen LogP contribution in [0.4, 0.5) is 0 Å². The van der Waals surface area contributed by atoms with Crippen molar-refractivity contribution < 1.29 is 9.84 Å². The van der Waals surface area contributed by atoms with E-state index in [0.29, 0.717) is 12.5 Å². The SMILES string of the molecule is CCC(C)(O)CNCc1ccc(OCCC(C)C)cc1. The largest absolute Gasteiger partial charge is 0.494 e. The van der Waals surface area contributed by atoms with Gasteiger partial charge in [-0.1, -0.05) is 32.9 Å². The highest BCUT2D eigenvalue weighted by Gasteiger charge is 2.16. The molecule has 1 aromatic rings. The Morgan fingerprint density at radius 3 is 2.45 bits per heavy atom. The second-order valence-corrected chi connectivity index (χ2v) is 6.13. The van der Waals surface area contributed by atoms with Gasteiger partial charge < -0.3 is 15.2 Å². The smallest absolute Gasteiger partial charge is 0.119 e. The van der Waals surface area contributed by atoms with E-state index in [-0.39, 0.29) is 0 Å². The number of rotatable bonds is 9. The maximum atomic E-state index is 9.90. The summed E-state index contributed by atoms with van der Waals surface area (Å²) in [5.74, 6) is 1.60. The molecule has 114 valence electrons. The molecule has 1 unspecified atom stereocenters. The lowest BCUT2D eigenvalue weighted by Gasteiger charge is -2.21. The van der Waals surface area contributed by atoms with Gasteiger partial charge in [0.1, 0.15) is 5.75 Å². The van der Waals surface area contributed by atoms with Crippen molar-refractivity contribution in [2.45, 2.75) is 52.7 Å². The summed E-state index contributed by atoms with van der Waals surface area (Å²) in [5.41, 5.74) is 0.577. The summed E-state index contributed by atoms with van der Waals surface area (Å²) < 4.78 is 5.69. The first-order valence-corrected chi connectivity index (χ1v) is 7.58. The van der Waals surface area contributed by atoms with Crippen LogP contribution in [0.3, 0.4) is 0 Å². The first kappa shape index (κ1) is 17.0. The van der Waals surface area contributed by atoms with Crippen molar-refractivity contribution in [3.8, 4) is 5.75 Å². The average Bonchev–Trinajstić information content (AvgIpc) is 2.40. The summed E-state index contributed by atoms with van der Waals surface area (Å²) >= 11 is 0. The van der Waals surface area contributed by atoms with E-state index in [1.165, 1.54) is 5.56 Å². The van der Waals surface area contributed by atoms with Crippen molar-refractivity contribution in [1.82, 2.24) is 5.32 Å². The molecule has 3 heteroatoms. The van der Waals surface area contributed by atoms with Crippen LogP contribution in [0, 0.1) is 5.92 Å². The van der Waals surface area contributed by atoms with Gasteiger partial charge in [0.05, 0.1) is 12.2 Å². The molecule has 0 amide bonds. The molecule has 1 aromatic carbocycles. The Labute approximate surface area is 123 Å². The zero-order chi connectivity index (χ0) is 15.0. The van der Waals surface area contributed by atoms with Crippen LogP contribution in [0.2, 0.25) is 0 Å². The first-order chi connectivity index (χ1) is 9.43. The predicted molar refractivity (Wildman–Crippen MR) is 84.0 cm³/mol. The Morgan fingerprint density at radius 1 is 1.25 bits per heavy atom. The summed E-state index contributed by atoms with van der Waals surface area (Å²) in [6, 6.07) is 8.15. The fourth-order valence-corrected chi connectivity index (χ4v) is 1.72. The van der Waals surface area contributed by atoms with E-state index in [1.807, 2.05) is 26.0 Å². The van der Waals surface area contributed by atoms with E-state index in [0.717, 1.165) is 31.7 Å². The monoisotopic (exact) mass is 279 g/mol. The van der Waals surface area contributed by atoms with E-state index in [1.54, 1.807) is 0 Å². The highest BCUT2D eigenvalue weighted by Crippen LogP contribution is 2.14. The van der Waals surface area contributed by atoms with Crippen molar-refractivity contribution in [2.24, 2.45) is 5.92 Å². The molecule has 20 heavy (non-hydrogen) atoms. The van der Waals surface area contributed by atoms with E-state index in [9.17, 15) is 5.11 Å². The minimum Gasteiger partial charge on any atom is -0.494 e. The minimum absolute atomic E-state index is 0.607. The zero-order valence-corrected chi connectivity index (χ0v) is 13.3. The fraction of sp³-hybridized carbons (Fsp3) is 0.647. The van der Waals surface area contributed by atoms with Crippen molar-refractivity contribution in [1.29, 1.82) is 0 Å². The first-order valence-electron chi connectivity index (χ1n) is 7.58. The summed E-state index contributed by atoms with van der Waals surface area (Å²) in [6.45, 7) is 10.4. The van der Waals surface area contributed by atoms with Gasteiger partial charge >= 0.3 is 0 Å². The van der Waals surface area contributed by atoms with Gasteiger partial charge in [0.25, 0.3) is 0 Å². The second kappa shape index (κ2) is 8.28. The molecule has 0 aromatic heterocycles. The summed E-state index contributed by atoms with van der Waals surface area (Å²) in [4.78, 5) is 0. The second-order valence-electron chi connectivity index (χ2n) is 6.13. The summed E-state index contributed by atoms with van der Waals surface area (Å²) in [7, 11) is 0. The maximum Gasteiger partial charge on any atom is 0.119 e. The van der Waals surface area contributed by atoms with E-state index in [4.69, 9.17) is 4.74 Å². The van der Waals surface area contributed by atoms with Crippen molar-refractivity contribution >= 4 is 0 Å². The maximum absolute atomic E-state index is 9.90. The molecular formula is C17H29NO2. The highest BCUT2D eigenvalue weighted by atomic mass is 16.5. The highest BCUT2D eigenvalue weighted by molar-refractivity contribution is 5.27. The number of hydrogen-bond donors (Lipinski definition) is 2. The molecule has 0 aliphatic heterocycles. The Balaban J connectivity index is 2.31. The zero-order valence-electron chi connectivity index (χ0n) is 13.3. The van der Waals surface area contributed by atoms with Gasteiger partial charge in [-0.15, -0.1) is 0 Å². The van der Waals surface area contributed by atoms with E-state index < -0.39 is 5.60 Å². The van der Waals surface area contributed by atoms with Crippen molar-refractivity contribution in [2.75, 3.05) is 13.2 Å². The van der Waals surface area contributed by atoms with Gasteiger partial charge in [0.15, 0.2) is 0 Å². The van der Waals surface area contributed by atoms with Crippen LogP contribution in [-0.4, -0.2) is 23.9 Å². The van der Waals surface area contributed by atoms with Crippen LogP contribution in [0.25, 0.3) is 0 Å². The molecule has 0 radical (unpaired) electrons. The van der Waals surface area contributed by atoms with Gasteiger partial charge in [0, 0.05) is 13.1 Å². The molecule has 1 atom stereocenters. The number of ether oxygens (including phenoxy) is 1. The summed E-state index contributed by atoms with van der Waals surface area (Å²) in [5, 5.41) is 13.2. The van der Waals surface area contributed by atoms with E-state index >= 15 is 0 Å². The molecule has 0 saturated heterocycles. The molecule has 2 N–H and O–H groups in total. The van der Waals surface area contributed by atoms with Gasteiger partial charge in [-0.05, 0) is 43.4 Å². The molecule has 0 aliphatic carbocycles. The Morgan fingerprint density at radius 2 is 1.90 bits per heavy atom. The minimum atomic E-state index is -0.625. The standard InChI is InChI=1S/C17H29NO2/c1-5-17(4,19)13-18-12-15-6-8-16(9-7-15)20-11-10-14(2)3/h6-9,14,18-19H,5,10-13H2,1-4H3. The number of benzene rings is 1. The van der Waals surface area contributed by atoms with Crippen LogP contribution in [0.15, 0.2) is 24.3 Å². The normalized spacial score (nSPS) is 14.3. The lowest BCUT2D eigenvalue weighted by atomic mass is 10.0. The Hall–Kier alpha value is -1.06. The molecule has 3 nitrogen and oxygen atoms in total. The third-order valence-corrected chi connectivity index (χ3v) is 3.48. The van der Waals surface area contributed by atoms with Gasteiger partial charge in [-0.3, -0.25) is 0 Å². The third kappa shape index (κ3) is 6.92. The van der Waals surface area contributed by atoms with Crippen LogP contribution in [0.1, 0.15) is 46.1 Å². The van der Waals surface area contributed by atoms with Crippen molar-refractivity contribution in [3.05, 3.63) is 29.8 Å². The van der Waals surface area contributed by atoms with Crippen LogP contribution < -0.4 is 10.1 Å². The van der Waals surface area contributed by atoms with Crippen LogP contribution in [-0.2, 0) is 6.54 Å². The van der Waals surface area contributed by atoms with Gasteiger partial charge in [-0.2, -0.15) is 0 Å².